The summed E-state index contributed by atoms with van der Waals surface area (Å²) in [6, 6.07) is 6.74. The molecule has 1 fully saturated rings. The van der Waals surface area contributed by atoms with Crippen molar-refractivity contribution in [3.63, 3.8) is 0 Å². The molecule has 7 heteroatoms. The number of fused-ring (bicyclic) bond motifs is 1. The van der Waals surface area contributed by atoms with Gasteiger partial charge in [-0.1, -0.05) is 38.0 Å². The molecule has 1 aromatic carbocycles. The smallest absolute Gasteiger partial charge is 0.300 e. The number of rotatable bonds is 10. The van der Waals surface area contributed by atoms with E-state index in [1.165, 1.54) is 11.1 Å². The number of ether oxygens (including phenoxy) is 2. The molecule has 0 aromatic heterocycles. The van der Waals surface area contributed by atoms with Crippen LogP contribution in [0, 0.1) is 5.92 Å². The number of nitrogens with zero attached hydrogens (tertiary/aromatic N) is 2. The van der Waals surface area contributed by atoms with Crippen LogP contribution in [0.25, 0.3) is 0 Å². The molecule has 1 aromatic rings. The fraction of sp³-hybridized carbons (Fsp3) is 0.643. The summed E-state index contributed by atoms with van der Waals surface area (Å²) in [4.78, 5) is 26.5. The second kappa shape index (κ2) is 14.1. The zero-order chi connectivity index (χ0) is 26.0. The fourth-order valence-electron chi connectivity index (χ4n) is 4.98. The summed E-state index contributed by atoms with van der Waals surface area (Å²) in [5.74, 6) is 2.03. The lowest BCUT2D eigenvalue weighted by Crippen LogP contribution is -2.43. The number of hydrogen-bond acceptors (Lipinski definition) is 5. The summed E-state index contributed by atoms with van der Waals surface area (Å²) in [7, 11) is 0. The molecule has 2 aliphatic rings. The Hall–Kier alpha value is -2.54. The maximum Gasteiger partial charge on any atom is 0.300 e. The highest BCUT2D eigenvalue weighted by molar-refractivity contribution is 5.78. The Morgan fingerprint density at radius 3 is 2.51 bits per heavy atom. The number of hydrogen-bond donors (Lipinski definition) is 1. The second-order valence-corrected chi connectivity index (χ2v) is 9.93. The zero-order valence-corrected chi connectivity index (χ0v) is 22.4. The summed E-state index contributed by atoms with van der Waals surface area (Å²) < 4.78 is 11.1. The molecule has 0 radical (unpaired) electrons. The van der Waals surface area contributed by atoms with Crippen molar-refractivity contribution in [2.45, 2.75) is 79.2 Å². The van der Waals surface area contributed by atoms with Gasteiger partial charge in [0, 0.05) is 32.6 Å². The maximum atomic E-state index is 13.1. The molecule has 0 spiro atoms. The van der Waals surface area contributed by atoms with E-state index in [-0.39, 0.29) is 5.91 Å². The third-order valence-corrected chi connectivity index (χ3v) is 6.51. The Morgan fingerprint density at radius 2 is 1.89 bits per heavy atom. The van der Waals surface area contributed by atoms with Crippen LogP contribution in [0.5, 0.6) is 11.5 Å². The minimum atomic E-state index is -0.833. The number of likely N-dealkylation sites (tertiary alicyclic amines) is 1. The van der Waals surface area contributed by atoms with Crippen LogP contribution in [0.4, 0.5) is 0 Å². The van der Waals surface area contributed by atoms with Crippen LogP contribution in [0.3, 0.4) is 0 Å². The minimum Gasteiger partial charge on any atom is -0.481 e. The van der Waals surface area contributed by atoms with Crippen molar-refractivity contribution in [1.29, 1.82) is 0 Å². The van der Waals surface area contributed by atoms with Crippen LogP contribution < -0.4 is 9.47 Å². The average Bonchev–Trinajstić information content (AvgIpc) is 3.39. The van der Waals surface area contributed by atoms with E-state index in [2.05, 4.69) is 57.7 Å². The Kier molecular flexibility index (Phi) is 11.6. The quantitative estimate of drug-likeness (QED) is 0.450. The van der Waals surface area contributed by atoms with Gasteiger partial charge in [0.25, 0.3) is 5.97 Å². The summed E-state index contributed by atoms with van der Waals surface area (Å²) in [5.41, 5.74) is 2.65. The normalized spacial score (nSPS) is 19.5. The molecule has 0 aliphatic carbocycles. The highest BCUT2D eigenvalue weighted by Gasteiger charge is 2.35. The lowest BCUT2D eigenvalue weighted by atomic mass is 9.92. The van der Waals surface area contributed by atoms with E-state index in [1.54, 1.807) is 0 Å². The van der Waals surface area contributed by atoms with Gasteiger partial charge in [-0.15, -0.1) is 0 Å². The van der Waals surface area contributed by atoms with Crippen LogP contribution in [0.2, 0.25) is 0 Å². The van der Waals surface area contributed by atoms with Crippen LogP contribution in [-0.2, 0) is 9.59 Å². The predicted octanol–water partition coefficient (Wildman–Crippen LogP) is 5.31. The molecule has 3 atom stereocenters. The van der Waals surface area contributed by atoms with E-state index in [0.717, 1.165) is 63.7 Å². The molecule has 3 rings (SSSR count). The number of amides is 1. The van der Waals surface area contributed by atoms with Gasteiger partial charge < -0.3 is 19.5 Å². The number of carbonyl (C=O) groups is 2. The Labute approximate surface area is 211 Å². The number of allylic oxidation sites excluding steroid dienone is 2. The van der Waals surface area contributed by atoms with E-state index in [0.29, 0.717) is 31.2 Å². The molecule has 2 heterocycles. The van der Waals surface area contributed by atoms with Gasteiger partial charge in [0.1, 0.15) is 0 Å². The topological polar surface area (TPSA) is 79.3 Å². The molecule has 2 aliphatic heterocycles. The van der Waals surface area contributed by atoms with E-state index in [4.69, 9.17) is 19.4 Å². The monoisotopic (exact) mass is 488 g/mol. The Balaban J connectivity index is 0.00000100. The van der Waals surface area contributed by atoms with E-state index < -0.39 is 5.97 Å². The van der Waals surface area contributed by atoms with Gasteiger partial charge >= 0.3 is 0 Å². The summed E-state index contributed by atoms with van der Waals surface area (Å²) >= 11 is 0. The van der Waals surface area contributed by atoms with Gasteiger partial charge in [0.2, 0.25) is 12.7 Å². The van der Waals surface area contributed by atoms with Crippen molar-refractivity contribution in [2.24, 2.45) is 5.92 Å². The number of likely N-dealkylation sites (N-methyl/N-ethyl adjacent to an activating group) is 1. The Morgan fingerprint density at radius 1 is 1.20 bits per heavy atom. The minimum absolute atomic E-state index is 0.266. The summed E-state index contributed by atoms with van der Waals surface area (Å²) in [6.07, 6.45) is 6.70. The van der Waals surface area contributed by atoms with Crippen LogP contribution in [0.1, 0.15) is 78.7 Å². The lowest BCUT2D eigenvalue weighted by Gasteiger charge is -2.29. The average molecular weight is 489 g/mol. The Bertz CT molecular complexity index is 861. The summed E-state index contributed by atoms with van der Waals surface area (Å²) in [6.45, 7) is 15.4. The molecule has 35 heavy (non-hydrogen) atoms. The summed E-state index contributed by atoms with van der Waals surface area (Å²) in [5, 5.41) is 7.42. The molecule has 1 amide bonds. The molecule has 1 saturated heterocycles. The number of carboxylic acid groups (broad SMARTS) is 1. The molecule has 196 valence electrons. The van der Waals surface area contributed by atoms with Crippen LogP contribution >= 0.6 is 0 Å². The third kappa shape index (κ3) is 9.21. The van der Waals surface area contributed by atoms with Gasteiger partial charge in [-0.25, -0.2) is 0 Å². The fourth-order valence-corrected chi connectivity index (χ4v) is 4.98. The van der Waals surface area contributed by atoms with Gasteiger partial charge in [0.05, 0.1) is 6.54 Å². The lowest BCUT2D eigenvalue weighted by molar-refractivity contribution is -0.134. The maximum absolute atomic E-state index is 13.1. The molecule has 7 nitrogen and oxygen atoms in total. The first-order chi connectivity index (χ1) is 16.6. The number of carbonyl (C=O) groups excluding carboxylic acids is 1. The second-order valence-electron chi connectivity index (χ2n) is 9.93. The molecule has 3 unspecified atom stereocenters. The van der Waals surface area contributed by atoms with Gasteiger partial charge in [-0.3, -0.25) is 14.5 Å². The molecule has 0 saturated carbocycles. The third-order valence-electron chi connectivity index (χ3n) is 6.51. The molecule has 1 N–H and O–H groups in total. The van der Waals surface area contributed by atoms with Crippen molar-refractivity contribution in [2.75, 3.05) is 33.0 Å². The SMILES string of the molecule is CC(=O)O.CCCCN(CC)C(=O)CN1CC(c2ccc3c(c2)OCO3)CC1CC(C)C=C(C)C. The highest BCUT2D eigenvalue weighted by atomic mass is 16.7. The van der Waals surface area contributed by atoms with Crippen molar-refractivity contribution >= 4 is 11.9 Å². The zero-order valence-electron chi connectivity index (χ0n) is 22.4. The number of unbranched alkanes of at least 4 members (excludes halogenated alkanes) is 1. The molecular weight excluding hydrogens is 444 g/mol. The largest absolute Gasteiger partial charge is 0.481 e. The van der Waals surface area contributed by atoms with Crippen molar-refractivity contribution in [3.05, 3.63) is 35.4 Å². The first kappa shape index (κ1) is 28.7. The van der Waals surface area contributed by atoms with Gasteiger partial charge in [0.15, 0.2) is 11.5 Å². The standard InChI is InChI=1S/C26H40N2O3.C2H4O2/c1-6-8-11-27(7-2)26(29)17-28-16-22(14-23(28)13-20(5)12-19(3)4)21-9-10-24-25(15-21)31-18-30-24;1-2(3)4/h9-10,12,15,20,22-23H,6-8,11,13-14,16-18H2,1-5H3;1H3,(H,3,4). The molecule has 0 bridgehead atoms. The predicted molar refractivity (Wildman–Crippen MR) is 139 cm³/mol. The number of carboxylic acids is 1. The highest BCUT2D eigenvalue weighted by Crippen LogP contribution is 2.39. The first-order valence-electron chi connectivity index (χ1n) is 12.9. The van der Waals surface area contributed by atoms with Crippen molar-refractivity contribution < 1.29 is 24.2 Å². The van der Waals surface area contributed by atoms with Crippen molar-refractivity contribution in [3.8, 4) is 11.5 Å². The van der Waals surface area contributed by atoms with Crippen LogP contribution in [-0.4, -0.2) is 65.8 Å². The van der Waals surface area contributed by atoms with E-state index in [9.17, 15) is 4.79 Å². The van der Waals surface area contributed by atoms with Gasteiger partial charge in [-0.05, 0) is 69.6 Å². The number of benzene rings is 1. The van der Waals surface area contributed by atoms with Gasteiger partial charge in [-0.2, -0.15) is 0 Å². The van der Waals surface area contributed by atoms with E-state index >= 15 is 0 Å². The van der Waals surface area contributed by atoms with Crippen molar-refractivity contribution in [1.82, 2.24) is 9.80 Å². The first-order valence-corrected chi connectivity index (χ1v) is 12.9. The van der Waals surface area contributed by atoms with E-state index in [1.807, 2.05) is 11.0 Å². The molecular formula is C28H44N2O5. The van der Waals surface area contributed by atoms with Crippen LogP contribution in [0.15, 0.2) is 29.8 Å². The number of aliphatic carboxylic acids is 1.